The van der Waals surface area contributed by atoms with Crippen LogP contribution in [0.5, 0.6) is 0 Å². The molecular weight excluding hydrogens is 198 g/mol. The van der Waals surface area contributed by atoms with Crippen LogP contribution < -0.4 is 5.32 Å². The number of nitrogens with zero attached hydrogens (tertiary/aromatic N) is 2. The van der Waals surface area contributed by atoms with Crippen LogP contribution in [0.15, 0.2) is 0 Å². The molecule has 0 aromatic rings. The van der Waals surface area contributed by atoms with E-state index >= 15 is 0 Å². The predicted octanol–water partition coefficient (Wildman–Crippen LogP) is 0.766. The first-order valence-electron chi connectivity index (χ1n) is 7.09. The second-order valence-corrected chi connectivity index (χ2v) is 5.80. The summed E-state index contributed by atoms with van der Waals surface area (Å²) in [6.45, 7) is 9.19. The lowest BCUT2D eigenvalue weighted by Gasteiger charge is -2.39. The first-order chi connectivity index (χ1) is 7.92. The molecule has 0 bridgehead atoms. The number of hydrogen-bond donors (Lipinski definition) is 1. The third-order valence-corrected chi connectivity index (χ3v) is 4.59. The van der Waals surface area contributed by atoms with Crippen molar-refractivity contribution < 1.29 is 0 Å². The molecule has 3 saturated heterocycles. The van der Waals surface area contributed by atoms with Gasteiger partial charge in [-0.1, -0.05) is 0 Å². The topological polar surface area (TPSA) is 18.5 Å². The number of nitrogens with one attached hydrogen (secondary N) is 1. The van der Waals surface area contributed by atoms with Crippen molar-refractivity contribution in [2.45, 2.75) is 31.7 Å². The van der Waals surface area contributed by atoms with Gasteiger partial charge in [-0.05, 0) is 51.2 Å². The first-order valence-corrected chi connectivity index (χ1v) is 7.09. The minimum atomic E-state index is 0.894. The molecule has 3 nitrogen and oxygen atoms in total. The molecule has 0 aromatic carbocycles. The largest absolute Gasteiger partial charge is 0.316 e. The summed E-state index contributed by atoms with van der Waals surface area (Å²) < 4.78 is 0. The van der Waals surface area contributed by atoms with Crippen molar-refractivity contribution in [1.82, 2.24) is 15.1 Å². The zero-order valence-corrected chi connectivity index (χ0v) is 10.3. The highest BCUT2D eigenvalue weighted by Gasteiger charge is 2.31. The molecule has 0 radical (unpaired) electrons. The Hall–Kier alpha value is -0.120. The molecule has 3 heteroatoms. The Morgan fingerprint density at radius 1 is 1.06 bits per heavy atom. The third kappa shape index (κ3) is 2.41. The van der Waals surface area contributed by atoms with Crippen LogP contribution in [0.3, 0.4) is 0 Å². The lowest BCUT2D eigenvalue weighted by Crippen LogP contribution is -2.52. The minimum Gasteiger partial charge on any atom is -0.316 e. The van der Waals surface area contributed by atoms with Crippen LogP contribution in [-0.4, -0.2) is 61.7 Å². The van der Waals surface area contributed by atoms with Crippen LogP contribution in [0.25, 0.3) is 0 Å². The number of piperidine rings is 1. The van der Waals surface area contributed by atoms with Gasteiger partial charge in [-0.3, -0.25) is 4.90 Å². The molecule has 2 unspecified atom stereocenters. The Labute approximate surface area is 99.2 Å². The van der Waals surface area contributed by atoms with Gasteiger partial charge in [-0.25, -0.2) is 0 Å². The monoisotopic (exact) mass is 223 g/mol. The molecule has 0 spiro atoms. The van der Waals surface area contributed by atoms with Gasteiger partial charge in [-0.15, -0.1) is 0 Å². The van der Waals surface area contributed by atoms with Gasteiger partial charge in [0.05, 0.1) is 0 Å². The average molecular weight is 223 g/mol. The second-order valence-electron chi connectivity index (χ2n) is 5.80. The molecule has 1 N–H and O–H groups in total. The van der Waals surface area contributed by atoms with Gasteiger partial charge in [0, 0.05) is 32.2 Å². The maximum absolute atomic E-state index is 3.53. The molecule has 0 amide bonds. The third-order valence-electron chi connectivity index (χ3n) is 4.59. The van der Waals surface area contributed by atoms with Crippen molar-refractivity contribution in [3.05, 3.63) is 0 Å². The maximum Gasteiger partial charge on any atom is 0.0224 e. The molecule has 3 heterocycles. The van der Waals surface area contributed by atoms with E-state index < -0.39 is 0 Å². The van der Waals surface area contributed by atoms with Crippen molar-refractivity contribution in [2.24, 2.45) is 5.92 Å². The van der Waals surface area contributed by atoms with Crippen molar-refractivity contribution in [1.29, 1.82) is 0 Å². The summed E-state index contributed by atoms with van der Waals surface area (Å²) in [4.78, 5) is 5.43. The molecule has 0 aliphatic carbocycles. The van der Waals surface area contributed by atoms with Crippen LogP contribution in [0, 0.1) is 5.92 Å². The van der Waals surface area contributed by atoms with E-state index in [1.165, 1.54) is 71.5 Å². The maximum atomic E-state index is 3.53. The molecule has 3 aliphatic heterocycles. The minimum absolute atomic E-state index is 0.894. The summed E-state index contributed by atoms with van der Waals surface area (Å²) in [5.74, 6) is 0.918. The van der Waals surface area contributed by atoms with E-state index in [1.54, 1.807) is 0 Å². The van der Waals surface area contributed by atoms with Crippen molar-refractivity contribution >= 4 is 0 Å². The van der Waals surface area contributed by atoms with Crippen molar-refractivity contribution in [3.8, 4) is 0 Å². The van der Waals surface area contributed by atoms with Crippen LogP contribution in [0.4, 0.5) is 0 Å². The Bertz CT molecular complexity index is 225. The Morgan fingerprint density at radius 2 is 2.06 bits per heavy atom. The van der Waals surface area contributed by atoms with Gasteiger partial charge in [0.1, 0.15) is 0 Å². The number of piperazine rings is 1. The lowest BCUT2D eigenvalue weighted by molar-refractivity contribution is 0.0876. The van der Waals surface area contributed by atoms with Crippen LogP contribution in [0.1, 0.15) is 25.7 Å². The molecule has 0 aromatic heterocycles. The highest BCUT2D eigenvalue weighted by molar-refractivity contribution is 4.87. The fourth-order valence-electron chi connectivity index (χ4n) is 3.67. The fraction of sp³-hybridized carbons (Fsp3) is 1.00. The van der Waals surface area contributed by atoms with Gasteiger partial charge in [-0.2, -0.15) is 0 Å². The lowest BCUT2D eigenvalue weighted by atomic mass is 9.98. The van der Waals surface area contributed by atoms with Gasteiger partial charge in [0.2, 0.25) is 0 Å². The van der Waals surface area contributed by atoms with E-state index in [0.29, 0.717) is 0 Å². The molecule has 0 saturated carbocycles. The quantitative estimate of drug-likeness (QED) is 0.746. The average Bonchev–Trinajstić information content (AvgIpc) is 2.77. The normalized spacial score (nSPS) is 37.5. The van der Waals surface area contributed by atoms with Crippen molar-refractivity contribution in [3.63, 3.8) is 0 Å². The molecular formula is C13H25N3. The van der Waals surface area contributed by atoms with Gasteiger partial charge in [0.25, 0.3) is 0 Å². The molecule has 16 heavy (non-hydrogen) atoms. The molecule has 2 atom stereocenters. The summed E-state index contributed by atoms with van der Waals surface area (Å²) in [7, 11) is 0. The summed E-state index contributed by atoms with van der Waals surface area (Å²) in [5.41, 5.74) is 0. The SMILES string of the molecule is C1CNCC(CN2CCN3CCCC3C2)C1. The highest BCUT2D eigenvalue weighted by Crippen LogP contribution is 2.22. The molecule has 3 rings (SSSR count). The molecule has 3 fully saturated rings. The second kappa shape index (κ2) is 5.03. The van der Waals surface area contributed by atoms with E-state index in [9.17, 15) is 0 Å². The number of fused-ring (bicyclic) bond motifs is 1. The van der Waals surface area contributed by atoms with Crippen LogP contribution in [-0.2, 0) is 0 Å². The summed E-state index contributed by atoms with van der Waals surface area (Å²) in [5, 5.41) is 3.53. The summed E-state index contributed by atoms with van der Waals surface area (Å²) in [6.07, 6.45) is 5.70. The van der Waals surface area contributed by atoms with E-state index in [0.717, 1.165) is 12.0 Å². The highest BCUT2D eigenvalue weighted by atomic mass is 15.3. The van der Waals surface area contributed by atoms with Crippen LogP contribution >= 0.6 is 0 Å². The number of rotatable bonds is 2. The van der Waals surface area contributed by atoms with E-state index in [-0.39, 0.29) is 0 Å². The smallest absolute Gasteiger partial charge is 0.0224 e. The summed E-state index contributed by atoms with van der Waals surface area (Å²) in [6, 6.07) is 0.894. The Kier molecular flexibility index (Phi) is 3.46. The first kappa shape index (κ1) is 11.0. The van der Waals surface area contributed by atoms with E-state index in [4.69, 9.17) is 0 Å². The molecule has 92 valence electrons. The summed E-state index contributed by atoms with van der Waals surface area (Å²) >= 11 is 0. The molecule has 3 aliphatic rings. The van der Waals surface area contributed by atoms with Gasteiger partial charge < -0.3 is 10.2 Å². The zero-order chi connectivity index (χ0) is 10.8. The van der Waals surface area contributed by atoms with Crippen LogP contribution in [0.2, 0.25) is 0 Å². The fourth-order valence-corrected chi connectivity index (χ4v) is 3.67. The van der Waals surface area contributed by atoms with Gasteiger partial charge >= 0.3 is 0 Å². The zero-order valence-electron chi connectivity index (χ0n) is 10.3. The van der Waals surface area contributed by atoms with Crippen molar-refractivity contribution in [2.75, 3.05) is 45.8 Å². The predicted molar refractivity (Wildman–Crippen MR) is 66.6 cm³/mol. The van der Waals surface area contributed by atoms with E-state index in [1.807, 2.05) is 0 Å². The number of hydrogen-bond acceptors (Lipinski definition) is 3. The Balaban J connectivity index is 1.48. The Morgan fingerprint density at radius 3 is 2.94 bits per heavy atom. The standard InChI is InChI=1S/C13H25N3/c1-3-12(9-14-5-1)10-15-7-8-16-6-2-4-13(16)11-15/h12-14H,1-11H2. The van der Waals surface area contributed by atoms with E-state index in [2.05, 4.69) is 15.1 Å². The van der Waals surface area contributed by atoms with Gasteiger partial charge in [0.15, 0.2) is 0 Å².